The Balaban J connectivity index is 1.37. The van der Waals surface area contributed by atoms with Crippen molar-refractivity contribution in [2.24, 2.45) is 0 Å². The van der Waals surface area contributed by atoms with Crippen LogP contribution in [-0.4, -0.2) is 32.2 Å². The van der Waals surface area contributed by atoms with E-state index in [2.05, 4.69) is 0 Å². The van der Waals surface area contributed by atoms with Crippen molar-refractivity contribution in [1.82, 2.24) is 24.1 Å². The van der Waals surface area contributed by atoms with Gasteiger partial charge in [-0.15, -0.1) is 0 Å². The van der Waals surface area contributed by atoms with E-state index in [9.17, 15) is 12.3 Å². The molecule has 1 atom stereocenters. The maximum absolute atomic E-state index is 10.0. The molecular formula is C53H37N5OSi. The molecule has 0 spiro atoms. The van der Waals surface area contributed by atoms with Crippen LogP contribution < -0.4 is 25.5 Å². The monoisotopic (exact) mass is 813 g/mol. The van der Waals surface area contributed by atoms with Crippen LogP contribution in [0.1, 0.15) is 46.8 Å². The van der Waals surface area contributed by atoms with Gasteiger partial charge in [-0.1, -0.05) is 162 Å². The molecule has 12 rings (SSSR count). The Bertz CT molecular complexity index is 4650. The van der Waals surface area contributed by atoms with Crippen LogP contribution in [0, 0.1) is 13.8 Å². The Labute approximate surface area is 384 Å². The summed E-state index contributed by atoms with van der Waals surface area (Å²) in [6.07, 6.45) is 0. The minimum absolute atomic E-state index is 0.0973. The first-order valence-corrected chi connectivity index (χ1v) is 20.2. The number of rotatable bonds is 5. The van der Waals surface area contributed by atoms with E-state index >= 15 is 0 Å². The number of nitrogens with zero attached hydrogens (tertiary/aromatic N) is 5. The Morgan fingerprint density at radius 2 is 1.12 bits per heavy atom. The number of aromatic nitrogens is 5. The van der Waals surface area contributed by atoms with Gasteiger partial charge in [-0.2, -0.15) is 15.0 Å². The van der Waals surface area contributed by atoms with Gasteiger partial charge in [-0.05, 0) is 70.8 Å². The van der Waals surface area contributed by atoms with Crippen molar-refractivity contribution in [3.8, 4) is 34.8 Å². The summed E-state index contributed by atoms with van der Waals surface area (Å²) in [7, 11) is -4.97. The number of hydrogen-bond donors (Lipinski definition) is 0. The fourth-order valence-electron chi connectivity index (χ4n) is 8.05. The molecule has 0 saturated carbocycles. The average Bonchev–Trinajstić information content (AvgIpc) is 0.926. The summed E-state index contributed by atoms with van der Waals surface area (Å²) >= 11 is 0. The van der Waals surface area contributed by atoms with E-state index in [4.69, 9.17) is 43.0 Å². The molecule has 1 unspecified atom stereocenters. The lowest BCUT2D eigenvalue weighted by atomic mass is 10.1. The fraction of sp³-hybridized carbons (Fsp3) is 0.0377. The molecule has 0 N–H and O–H groups in total. The number of para-hydroxylation sites is 6. The summed E-state index contributed by atoms with van der Waals surface area (Å²) in [4.78, 5) is 14.3. The van der Waals surface area contributed by atoms with Gasteiger partial charge in [0.05, 0.1) is 59.2 Å². The van der Waals surface area contributed by atoms with Crippen molar-refractivity contribution in [3.05, 3.63) is 199 Å². The first-order valence-electron chi connectivity index (χ1n) is 31.2. The Morgan fingerprint density at radius 3 is 1.72 bits per heavy atom. The minimum Gasteiger partial charge on any atom is -0.457 e. The first-order chi connectivity index (χ1) is 40.3. The van der Waals surface area contributed by atoms with Crippen molar-refractivity contribution in [2.45, 2.75) is 13.8 Å². The van der Waals surface area contributed by atoms with Gasteiger partial charge in [-0.3, -0.25) is 9.13 Å². The molecule has 1 aliphatic heterocycles. The first kappa shape index (κ1) is 17.3. The van der Waals surface area contributed by atoms with Crippen LogP contribution in [0.3, 0.4) is 0 Å². The molecule has 0 fully saturated rings. The van der Waals surface area contributed by atoms with E-state index in [1.807, 2.05) is 0 Å². The summed E-state index contributed by atoms with van der Waals surface area (Å²) in [5.41, 5.74) is -3.29. The van der Waals surface area contributed by atoms with E-state index in [0.29, 0.717) is 5.56 Å². The molecule has 60 heavy (non-hydrogen) atoms. The lowest BCUT2D eigenvalue weighted by Crippen LogP contribution is -2.76. The van der Waals surface area contributed by atoms with E-state index in [-0.39, 0.29) is 21.3 Å². The second kappa shape index (κ2) is 13.2. The third-order valence-corrected chi connectivity index (χ3v) is 15.0. The summed E-state index contributed by atoms with van der Waals surface area (Å²) in [6, 6.07) is -6.87. The quantitative estimate of drug-likeness (QED) is 0.163. The van der Waals surface area contributed by atoms with Gasteiger partial charge >= 0.3 is 0 Å². The SMILES string of the molecule is [2H]c1c([2H])c(C([2H])([2H])[2H])c([2H])c([Si]2(c3cccc(C)c3)c3ccccc3Oc3c(-c4nc(-n5c6c([2H])c([2H])c([2H])c([2H])c6c6c([2H])c([2H])c([2H])c([2H])c65)nc(-n5c6c([2H])c([2H])c([2H])c([2H])c6c6c([2H])c([2H])c([2H])c([2H])c65)n4)c([2H])c([2H])c([2H])c32)c1[2H]. The van der Waals surface area contributed by atoms with Crippen molar-refractivity contribution in [1.29, 1.82) is 0 Å². The van der Waals surface area contributed by atoms with Crippen LogP contribution in [0.4, 0.5) is 0 Å². The highest BCUT2D eigenvalue weighted by Gasteiger charge is 2.49. The molecule has 7 heteroatoms. The molecule has 0 amide bonds. The zero-order valence-electron chi connectivity index (χ0n) is 56.8. The van der Waals surface area contributed by atoms with Gasteiger partial charge < -0.3 is 4.74 Å². The van der Waals surface area contributed by atoms with E-state index in [1.54, 1.807) is 37.3 Å². The van der Waals surface area contributed by atoms with Crippen molar-refractivity contribution in [2.75, 3.05) is 0 Å². The van der Waals surface area contributed by atoms with Crippen molar-refractivity contribution < 1.29 is 40.4 Å². The van der Waals surface area contributed by atoms with Gasteiger partial charge in [0.15, 0.2) is 13.9 Å². The second-order valence-corrected chi connectivity index (χ2v) is 17.4. The standard InChI is InChI=1S/C53H37N5OSi/c1-34-16-13-18-36(32-34)60(37-19-14-17-35(2)33-37)48-30-12-11-29-47(48)59-50-42(24-15-31-49(50)60)51-54-52(57-43-25-7-3-20-38(43)39-21-4-8-26-44(39)57)56-53(55-51)58-45-27-9-5-22-40(45)41-23-6-10-28-46(41)58/h3-33H,1-2H3/i1D3,3D,4D,5D,6D,7D,8D,9D,10D,13D,15D,16D,18D,20D,21D,22D,23D,24D,25D,26D,27D,28D,31D,32D. The van der Waals surface area contributed by atoms with Crippen LogP contribution in [-0.2, 0) is 0 Å². The Kier molecular flexibility index (Phi) is 3.81. The highest BCUT2D eigenvalue weighted by molar-refractivity contribution is 7.20. The van der Waals surface area contributed by atoms with Crippen LogP contribution in [0.15, 0.2) is 188 Å². The largest absolute Gasteiger partial charge is 0.457 e. The highest BCUT2D eigenvalue weighted by Crippen LogP contribution is 2.39. The molecule has 284 valence electrons. The summed E-state index contributed by atoms with van der Waals surface area (Å²) in [6.45, 7) is -1.55. The predicted molar refractivity (Wildman–Crippen MR) is 247 cm³/mol. The second-order valence-electron chi connectivity index (χ2n) is 13.7. The van der Waals surface area contributed by atoms with Crippen molar-refractivity contribution in [3.63, 3.8) is 0 Å². The van der Waals surface area contributed by atoms with E-state index < -0.39 is 237 Å². The van der Waals surface area contributed by atoms with Gasteiger partial charge in [-0.25, -0.2) is 0 Å². The van der Waals surface area contributed by atoms with E-state index in [1.165, 1.54) is 18.2 Å². The topological polar surface area (TPSA) is 57.8 Å². The van der Waals surface area contributed by atoms with E-state index in [0.717, 1.165) is 9.13 Å². The third-order valence-electron chi connectivity index (χ3n) is 10.5. The molecule has 3 aromatic heterocycles. The summed E-state index contributed by atoms with van der Waals surface area (Å²) in [5.74, 6) is -3.17. The van der Waals surface area contributed by atoms with Gasteiger partial charge in [0.2, 0.25) is 11.9 Å². The molecule has 6 nitrogen and oxygen atoms in total. The lowest BCUT2D eigenvalue weighted by Gasteiger charge is -2.40. The zero-order valence-corrected chi connectivity index (χ0v) is 31.8. The molecule has 0 saturated heterocycles. The van der Waals surface area contributed by atoms with Crippen LogP contribution in [0.25, 0.3) is 66.9 Å². The maximum atomic E-state index is 10.0. The highest BCUT2D eigenvalue weighted by atomic mass is 28.3. The fourth-order valence-corrected chi connectivity index (χ4v) is 12.7. The number of ether oxygens (including phenoxy) is 1. The van der Waals surface area contributed by atoms with Crippen LogP contribution in [0.2, 0.25) is 0 Å². The number of hydrogen-bond acceptors (Lipinski definition) is 4. The summed E-state index contributed by atoms with van der Waals surface area (Å²) in [5, 5.41) is -2.31. The third kappa shape index (κ3) is 4.96. The molecule has 4 heterocycles. The maximum Gasteiger partial charge on any atom is 0.240 e. The Morgan fingerprint density at radius 1 is 0.533 bits per heavy atom. The lowest BCUT2D eigenvalue weighted by molar-refractivity contribution is 0.488. The normalized spacial score (nSPS) is 21.0. The number of aryl methyl sites for hydroxylation is 1. The zero-order chi connectivity index (χ0) is 62.5. The molecule has 8 aromatic carbocycles. The van der Waals surface area contributed by atoms with Gasteiger partial charge in [0.1, 0.15) is 11.5 Å². The average molecular weight is 814 g/mol. The number of benzene rings is 8. The molecule has 1 aliphatic rings. The van der Waals surface area contributed by atoms with Gasteiger partial charge in [0, 0.05) is 25.7 Å². The predicted octanol–water partition coefficient (Wildman–Crippen LogP) is 9.83. The molecule has 0 radical (unpaired) electrons. The van der Waals surface area contributed by atoms with Crippen molar-refractivity contribution >= 4 is 72.4 Å². The molecular weight excluding hydrogens is 751 g/mol. The van der Waals surface area contributed by atoms with Crippen LogP contribution >= 0.6 is 0 Å². The minimum atomic E-state index is -4.97. The smallest absolute Gasteiger partial charge is 0.240 e. The molecule has 0 bridgehead atoms. The summed E-state index contributed by atoms with van der Waals surface area (Å²) < 4.78 is 246. The molecule has 11 aromatic rings. The Hall–Kier alpha value is -7.61. The van der Waals surface area contributed by atoms with Crippen LogP contribution in [0.5, 0.6) is 11.5 Å². The molecule has 0 aliphatic carbocycles. The number of fused-ring (bicyclic) bond motifs is 8. The van der Waals surface area contributed by atoms with Gasteiger partial charge in [0.25, 0.3) is 0 Å².